The molecule has 6 nitrogen and oxygen atoms in total. The molecule has 2 heterocycles. The van der Waals surface area contributed by atoms with Gasteiger partial charge in [-0.1, -0.05) is 24.3 Å². The van der Waals surface area contributed by atoms with Gasteiger partial charge in [0.15, 0.2) is 0 Å². The maximum Gasteiger partial charge on any atom is 0.410 e. The minimum Gasteiger partial charge on any atom is -0.443 e. The molecular weight excluding hydrogens is 368 g/mol. The van der Waals surface area contributed by atoms with Crippen molar-refractivity contribution in [2.45, 2.75) is 56.8 Å². The van der Waals surface area contributed by atoms with Crippen LogP contribution in [0.15, 0.2) is 47.4 Å². The second-order valence-electron chi connectivity index (χ2n) is 8.41. The number of aromatic nitrogens is 1. The van der Waals surface area contributed by atoms with Crippen molar-refractivity contribution in [2.24, 2.45) is 7.05 Å². The number of pyridine rings is 1. The first-order chi connectivity index (χ1) is 13.9. The van der Waals surface area contributed by atoms with E-state index in [1.807, 2.05) is 37.3 Å². The number of aliphatic hydroxyl groups is 1. The van der Waals surface area contributed by atoms with Crippen LogP contribution < -0.4 is 5.56 Å². The SMILES string of the molecule is C[C@@H](c1ccc(-c2ccn(C)c(=O)c2)cc1)N1CC[C@]2(CCCC(O)C2)OC1=O. The van der Waals surface area contributed by atoms with Crippen LogP contribution in [0.25, 0.3) is 11.1 Å². The zero-order chi connectivity index (χ0) is 20.6. The molecule has 1 spiro atoms. The lowest BCUT2D eigenvalue weighted by molar-refractivity contribution is -0.0990. The summed E-state index contributed by atoms with van der Waals surface area (Å²) in [6, 6.07) is 11.4. The molecule has 1 saturated heterocycles. The number of carbonyl (C=O) groups is 1. The van der Waals surface area contributed by atoms with Crippen molar-refractivity contribution in [3.05, 3.63) is 58.5 Å². The first-order valence-electron chi connectivity index (χ1n) is 10.3. The Morgan fingerprint density at radius 1 is 1.14 bits per heavy atom. The molecule has 6 heteroatoms. The molecule has 1 aromatic heterocycles. The van der Waals surface area contributed by atoms with Crippen molar-refractivity contribution in [1.82, 2.24) is 9.47 Å². The van der Waals surface area contributed by atoms with Crippen molar-refractivity contribution >= 4 is 6.09 Å². The number of ether oxygens (including phenoxy) is 1. The average molecular weight is 396 g/mol. The molecule has 1 aliphatic carbocycles. The van der Waals surface area contributed by atoms with Gasteiger partial charge in [-0.05, 0) is 48.9 Å². The van der Waals surface area contributed by atoms with Crippen LogP contribution in [-0.2, 0) is 11.8 Å². The van der Waals surface area contributed by atoms with Gasteiger partial charge >= 0.3 is 6.09 Å². The molecule has 3 atom stereocenters. The van der Waals surface area contributed by atoms with Gasteiger partial charge in [-0.25, -0.2) is 4.79 Å². The zero-order valence-electron chi connectivity index (χ0n) is 17.0. The molecule has 2 aliphatic rings. The topological polar surface area (TPSA) is 71.8 Å². The van der Waals surface area contributed by atoms with Gasteiger partial charge in [0.25, 0.3) is 5.56 Å². The van der Waals surface area contributed by atoms with E-state index in [0.717, 1.165) is 42.4 Å². The smallest absolute Gasteiger partial charge is 0.410 e. The molecule has 2 fully saturated rings. The Morgan fingerprint density at radius 3 is 2.55 bits per heavy atom. The lowest BCUT2D eigenvalue weighted by atomic mass is 9.80. The summed E-state index contributed by atoms with van der Waals surface area (Å²) >= 11 is 0. The predicted molar refractivity (Wildman–Crippen MR) is 111 cm³/mol. The maximum atomic E-state index is 12.7. The van der Waals surface area contributed by atoms with Crippen LogP contribution in [0.4, 0.5) is 4.79 Å². The number of aryl methyl sites for hydroxylation is 1. The molecular formula is C23H28N2O4. The normalized spacial score (nSPS) is 25.7. The molecule has 0 radical (unpaired) electrons. The van der Waals surface area contributed by atoms with Gasteiger partial charge in [0, 0.05) is 38.7 Å². The molecule has 1 N–H and O–H groups in total. The van der Waals surface area contributed by atoms with E-state index in [0.29, 0.717) is 13.0 Å². The summed E-state index contributed by atoms with van der Waals surface area (Å²) in [5, 5.41) is 9.99. The number of nitrogens with zero attached hydrogens (tertiary/aromatic N) is 2. The molecule has 1 unspecified atom stereocenters. The van der Waals surface area contributed by atoms with E-state index in [-0.39, 0.29) is 23.8 Å². The van der Waals surface area contributed by atoms with Crippen LogP contribution in [0.1, 0.15) is 50.6 Å². The number of benzene rings is 1. The van der Waals surface area contributed by atoms with Crippen molar-refractivity contribution in [3.63, 3.8) is 0 Å². The van der Waals surface area contributed by atoms with Crippen LogP contribution in [-0.4, -0.2) is 38.9 Å². The molecule has 1 aliphatic heterocycles. The van der Waals surface area contributed by atoms with Crippen LogP contribution in [0.5, 0.6) is 0 Å². The first-order valence-corrected chi connectivity index (χ1v) is 10.3. The molecule has 154 valence electrons. The number of rotatable bonds is 3. The molecule has 1 saturated carbocycles. The lowest BCUT2D eigenvalue weighted by Crippen LogP contribution is -2.52. The zero-order valence-corrected chi connectivity index (χ0v) is 17.0. The predicted octanol–water partition coefficient (Wildman–Crippen LogP) is 3.63. The number of hydrogen-bond donors (Lipinski definition) is 1. The number of carbonyl (C=O) groups excluding carboxylic acids is 1. The van der Waals surface area contributed by atoms with E-state index in [2.05, 4.69) is 0 Å². The fraction of sp³-hybridized carbons (Fsp3) is 0.478. The second-order valence-corrected chi connectivity index (χ2v) is 8.41. The number of amides is 1. The quantitative estimate of drug-likeness (QED) is 0.860. The van der Waals surface area contributed by atoms with Crippen LogP contribution in [0, 0.1) is 0 Å². The Bertz CT molecular complexity index is 952. The Kier molecular flexibility index (Phi) is 5.21. The first kappa shape index (κ1) is 19.7. The third-order valence-electron chi connectivity index (χ3n) is 6.42. The van der Waals surface area contributed by atoms with E-state index in [9.17, 15) is 14.7 Å². The van der Waals surface area contributed by atoms with Crippen molar-refractivity contribution < 1.29 is 14.6 Å². The van der Waals surface area contributed by atoms with Crippen LogP contribution in [0.3, 0.4) is 0 Å². The van der Waals surface area contributed by atoms with E-state index in [4.69, 9.17) is 4.74 Å². The minimum atomic E-state index is -0.492. The largest absolute Gasteiger partial charge is 0.443 e. The summed E-state index contributed by atoms with van der Waals surface area (Å²) in [5.41, 5.74) is 2.33. The molecule has 29 heavy (non-hydrogen) atoms. The molecule has 1 aromatic carbocycles. The van der Waals surface area contributed by atoms with Crippen molar-refractivity contribution in [1.29, 1.82) is 0 Å². The molecule has 4 rings (SSSR count). The number of aliphatic hydroxyl groups excluding tert-OH is 1. The summed E-state index contributed by atoms with van der Waals surface area (Å²) in [5.74, 6) is 0. The fourth-order valence-electron chi connectivity index (χ4n) is 4.54. The van der Waals surface area contributed by atoms with Crippen LogP contribution >= 0.6 is 0 Å². The molecule has 2 aromatic rings. The van der Waals surface area contributed by atoms with Crippen LogP contribution in [0.2, 0.25) is 0 Å². The van der Waals surface area contributed by atoms with Gasteiger partial charge in [-0.3, -0.25) is 4.79 Å². The molecule has 1 amide bonds. The Hall–Kier alpha value is -2.60. The summed E-state index contributed by atoms with van der Waals surface area (Å²) < 4.78 is 7.39. The minimum absolute atomic E-state index is 0.0437. The highest BCUT2D eigenvalue weighted by Crippen LogP contribution is 2.39. The highest BCUT2D eigenvalue weighted by molar-refractivity contribution is 5.70. The highest BCUT2D eigenvalue weighted by Gasteiger charge is 2.44. The monoisotopic (exact) mass is 396 g/mol. The maximum absolute atomic E-state index is 12.7. The van der Waals surface area contributed by atoms with E-state index < -0.39 is 5.60 Å². The Balaban J connectivity index is 1.47. The van der Waals surface area contributed by atoms with E-state index in [1.165, 1.54) is 0 Å². The summed E-state index contributed by atoms with van der Waals surface area (Å²) in [6.07, 6.45) is 4.92. The standard InChI is InChI=1S/C23H28N2O4/c1-16(25-13-11-23(29-22(25)28)10-3-4-20(26)15-23)17-5-7-18(8-6-17)19-9-12-24(2)21(27)14-19/h5-9,12,14,16,20,26H,3-4,10-11,13,15H2,1-2H3/t16-,20?,23-/m0/s1. The lowest BCUT2D eigenvalue weighted by Gasteiger charge is -2.46. The highest BCUT2D eigenvalue weighted by atomic mass is 16.6. The summed E-state index contributed by atoms with van der Waals surface area (Å²) in [6.45, 7) is 2.63. The molecule has 0 bridgehead atoms. The van der Waals surface area contributed by atoms with Gasteiger partial charge in [-0.15, -0.1) is 0 Å². The third-order valence-corrected chi connectivity index (χ3v) is 6.42. The third kappa shape index (κ3) is 3.94. The fourth-order valence-corrected chi connectivity index (χ4v) is 4.54. The van der Waals surface area contributed by atoms with E-state index in [1.54, 1.807) is 28.8 Å². The van der Waals surface area contributed by atoms with Crippen molar-refractivity contribution in [2.75, 3.05) is 6.54 Å². The summed E-state index contributed by atoms with van der Waals surface area (Å²) in [4.78, 5) is 26.4. The van der Waals surface area contributed by atoms with Gasteiger partial charge in [0.1, 0.15) is 5.60 Å². The Labute approximate surface area is 170 Å². The Morgan fingerprint density at radius 2 is 1.90 bits per heavy atom. The van der Waals surface area contributed by atoms with Crippen molar-refractivity contribution in [3.8, 4) is 11.1 Å². The summed E-state index contributed by atoms with van der Waals surface area (Å²) in [7, 11) is 1.73. The average Bonchev–Trinajstić information content (AvgIpc) is 2.70. The van der Waals surface area contributed by atoms with E-state index >= 15 is 0 Å². The second kappa shape index (κ2) is 7.67. The van der Waals surface area contributed by atoms with Gasteiger partial charge in [0.05, 0.1) is 12.1 Å². The number of hydrogen-bond acceptors (Lipinski definition) is 4. The van der Waals surface area contributed by atoms with Gasteiger partial charge in [0.2, 0.25) is 0 Å². The van der Waals surface area contributed by atoms with Gasteiger partial charge < -0.3 is 19.3 Å². The van der Waals surface area contributed by atoms with Gasteiger partial charge in [-0.2, -0.15) is 0 Å².